The van der Waals surface area contributed by atoms with Gasteiger partial charge in [-0.3, -0.25) is 4.90 Å². The van der Waals surface area contributed by atoms with Crippen LogP contribution in [0.25, 0.3) is 0 Å². The predicted molar refractivity (Wildman–Crippen MR) is 76.1 cm³/mol. The first kappa shape index (κ1) is 12.5. The third-order valence-electron chi connectivity index (χ3n) is 4.41. The zero-order chi connectivity index (χ0) is 12.5. The minimum Gasteiger partial charge on any atom is -0.314 e. The Morgan fingerprint density at radius 1 is 1.28 bits per heavy atom. The number of rotatable bonds is 1. The van der Waals surface area contributed by atoms with Gasteiger partial charge in [-0.15, -0.1) is 0 Å². The Labute approximate surface area is 114 Å². The van der Waals surface area contributed by atoms with E-state index in [0.717, 1.165) is 43.5 Å². The second kappa shape index (κ2) is 5.20. The van der Waals surface area contributed by atoms with Gasteiger partial charge in [0.25, 0.3) is 0 Å². The van der Waals surface area contributed by atoms with Gasteiger partial charge in [0.15, 0.2) is 0 Å². The summed E-state index contributed by atoms with van der Waals surface area (Å²) < 4.78 is 0. The van der Waals surface area contributed by atoms with E-state index < -0.39 is 0 Å². The molecule has 0 radical (unpaired) electrons. The Morgan fingerprint density at radius 3 is 2.83 bits per heavy atom. The molecule has 18 heavy (non-hydrogen) atoms. The highest BCUT2D eigenvalue weighted by molar-refractivity contribution is 6.31. The quantitative estimate of drug-likeness (QED) is 0.839. The van der Waals surface area contributed by atoms with Crippen molar-refractivity contribution in [1.29, 1.82) is 0 Å². The van der Waals surface area contributed by atoms with Crippen molar-refractivity contribution in [1.82, 2.24) is 10.2 Å². The van der Waals surface area contributed by atoms with Crippen LogP contribution in [0.4, 0.5) is 0 Å². The first-order valence-corrected chi connectivity index (χ1v) is 7.37. The lowest BCUT2D eigenvalue weighted by Gasteiger charge is -2.42. The van der Waals surface area contributed by atoms with E-state index in [1.165, 1.54) is 17.5 Å². The van der Waals surface area contributed by atoms with Crippen LogP contribution in [0.3, 0.4) is 0 Å². The van der Waals surface area contributed by atoms with Gasteiger partial charge in [-0.1, -0.05) is 30.7 Å². The van der Waals surface area contributed by atoms with Crippen LogP contribution >= 0.6 is 11.6 Å². The monoisotopic (exact) mass is 264 g/mol. The Kier molecular flexibility index (Phi) is 3.60. The molecule has 1 aliphatic heterocycles. The van der Waals surface area contributed by atoms with E-state index in [2.05, 4.69) is 29.3 Å². The molecule has 2 atom stereocenters. The van der Waals surface area contributed by atoms with Crippen LogP contribution in [0.2, 0.25) is 5.02 Å². The van der Waals surface area contributed by atoms with Crippen molar-refractivity contribution in [3.05, 3.63) is 34.3 Å². The summed E-state index contributed by atoms with van der Waals surface area (Å²) in [5.41, 5.74) is 2.86. The van der Waals surface area contributed by atoms with Crippen LogP contribution in [0.5, 0.6) is 0 Å². The molecule has 1 heterocycles. The zero-order valence-electron chi connectivity index (χ0n) is 11.0. The molecule has 98 valence electrons. The van der Waals surface area contributed by atoms with Gasteiger partial charge < -0.3 is 5.32 Å². The normalized spacial score (nSPS) is 29.0. The highest BCUT2D eigenvalue weighted by Gasteiger charge is 2.32. The number of fused-ring (bicyclic) bond motifs is 1. The fourth-order valence-electron chi connectivity index (χ4n) is 3.47. The van der Waals surface area contributed by atoms with Gasteiger partial charge in [0, 0.05) is 37.2 Å². The maximum Gasteiger partial charge on any atom is 0.0441 e. The first-order chi connectivity index (χ1) is 8.77. The average Bonchev–Trinajstić information content (AvgIpc) is 2.40. The summed E-state index contributed by atoms with van der Waals surface area (Å²) >= 11 is 6.36. The van der Waals surface area contributed by atoms with Gasteiger partial charge in [-0.2, -0.15) is 0 Å². The zero-order valence-corrected chi connectivity index (χ0v) is 11.7. The smallest absolute Gasteiger partial charge is 0.0441 e. The molecule has 1 aromatic rings. The molecule has 1 saturated heterocycles. The van der Waals surface area contributed by atoms with Crippen molar-refractivity contribution < 1.29 is 0 Å². The first-order valence-electron chi connectivity index (χ1n) is 6.99. The molecular weight excluding hydrogens is 244 g/mol. The molecule has 2 nitrogen and oxygen atoms in total. The molecule has 1 aliphatic carbocycles. The number of nitrogens with zero attached hydrogens (tertiary/aromatic N) is 1. The Morgan fingerprint density at radius 2 is 2.06 bits per heavy atom. The number of benzene rings is 1. The Bertz CT molecular complexity index is 427. The van der Waals surface area contributed by atoms with Gasteiger partial charge in [-0.05, 0) is 36.0 Å². The minimum atomic E-state index is 0.564. The summed E-state index contributed by atoms with van der Waals surface area (Å²) in [5.74, 6) is 0.731. The third kappa shape index (κ3) is 2.18. The van der Waals surface area contributed by atoms with E-state index in [1.807, 2.05) is 6.07 Å². The van der Waals surface area contributed by atoms with Crippen molar-refractivity contribution in [3.8, 4) is 0 Å². The number of piperazine rings is 1. The molecule has 0 amide bonds. The van der Waals surface area contributed by atoms with Crippen molar-refractivity contribution in [2.75, 3.05) is 26.2 Å². The molecule has 0 bridgehead atoms. The lowest BCUT2D eigenvalue weighted by Crippen LogP contribution is -2.47. The maximum absolute atomic E-state index is 6.36. The summed E-state index contributed by atoms with van der Waals surface area (Å²) in [6, 6.07) is 6.98. The molecule has 2 unspecified atom stereocenters. The van der Waals surface area contributed by atoms with Gasteiger partial charge in [0.05, 0.1) is 0 Å². The largest absolute Gasteiger partial charge is 0.314 e. The third-order valence-corrected chi connectivity index (χ3v) is 4.76. The second-order valence-electron chi connectivity index (χ2n) is 5.55. The summed E-state index contributed by atoms with van der Waals surface area (Å²) in [4.78, 5) is 2.63. The molecular formula is C15H21ClN2. The van der Waals surface area contributed by atoms with Gasteiger partial charge >= 0.3 is 0 Å². The molecule has 3 heteroatoms. The fraction of sp³-hybridized carbons (Fsp3) is 0.600. The van der Waals surface area contributed by atoms with Crippen LogP contribution in [0, 0.1) is 5.92 Å². The lowest BCUT2D eigenvalue weighted by molar-refractivity contribution is 0.119. The number of halogens is 1. The second-order valence-corrected chi connectivity index (χ2v) is 5.96. The van der Waals surface area contributed by atoms with E-state index in [9.17, 15) is 0 Å². The molecule has 3 rings (SSSR count). The minimum absolute atomic E-state index is 0.564. The standard InChI is InChI=1S/C15H21ClN2/c1-11-5-6-12-13(3-2-4-14(12)16)15(11)18-9-7-17-8-10-18/h2-4,11,15,17H,5-10H2,1H3. The predicted octanol–water partition coefficient (Wildman–Crippen LogP) is 2.87. The molecule has 0 aromatic heterocycles. The van der Waals surface area contributed by atoms with E-state index in [-0.39, 0.29) is 0 Å². The molecule has 1 fully saturated rings. The average molecular weight is 265 g/mol. The van der Waals surface area contributed by atoms with Crippen LogP contribution in [-0.4, -0.2) is 31.1 Å². The molecule has 2 aliphatic rings. The van der Waals surface area contributed by atoms with Crippen LogP contribution in [0.15, 0.2) is 18.2 Å². The molecule has 0 spiro atoms. The van der Waals surface area contributed by atoms with Gasteiger partial charge in [-0.25, -0.2) is 0 Å². The van der Waals surface area contributed by atoms with Crippen LogP contribution in [-0.2, 0) is 6.42 Å². The molecule has 1 N–H and O–H groups in total. The SMILES string of the molecule is CC1CCc2c(Cl)cccc2C1N1CCNCC1. The van der Waals surface area contributed by atoms with Crippen molar-refractivity contribution >= 4 is 11.6 Å². The highest BCUT2D eigenvalue weighted by atomic mass is 35.5. The van der Waals surface area contributed by atoms with Gasteiger partial charge in [0.1, 0.15) is 0 Å². The Balaban J connectivity index is 1.96. The van der Waals surface area contributed by atoms with E-state index in [1.54, 1.807) is 0 Å². The number of hydrogen-bond donors (Lipinski definition) is 1. The van der Waals surface area contributed by atoms with E-state index in [4.69, 9.17) is 11.6 Å². The summed E-state index contributed by atoms with van der Waals surface area (Å²) in [6.07, 6.45) is 2.39. The highest BCUT2D eigenvalue weighted by Crippen LogP contribution is 2.40. The van der Waals surface area contributed by atoms with E-state index >= 15 is 0 Å². The Hall–Kier alpha value is -0.570. The topological polar surface area (TPSA) is 15.3 Å². The van der Waals surface area contributed by atoms with Crippen LogP contribution < -0.4 is 5.32 Å². The fourth-order valence-corrected chi connectivity index (χ4v) is 3.75. The number of hydrogen-bond acceptors (Lipinski definition) is 2. The molecule has 1 aromatic carbocycles. The van der Waals surface area contributed by atoms with Crippen molar-refractivity contribution in [3.63, 3.8) is 0 Å². The van der Waals surface area contributed by atoms with Gasteiger partial charge in [0.2, 0.25) is 0 Å². The van der Waals surface area contributed by atoms with Crippen LogP contribution in [0.1, 0.15) is 30.5 Å². The van der Waals surface area contributed by atoms with Crippen molar-refractivity contribution in [2.24, 2.45) is 5.92 Å². The summed E-state index contributed by atoms with van der Waals surface area (Å²) in [7, 11) is 0. The molecule has 0 saturated carbocycles. The summed E-state index contributed by atoms with van der Waals surface area (Å²) in [5, 5.41) is 4.39. The lowest BCUT2D eigenvalue weighted by atomic mass is 9.79. The number of nitrogens with one attached hydrogen (secondary N) is 1. The van der Waals surface area contributed by atoms with Crippen molar-refractivity contribution in [2.45, 2.75) is 25.8 Å². The maximum atomic E-state index is 6.36. The summed E-state index contributed by atoms with van der Waals surface area (Å²) in [6.45, 7) is 6.91. The van der Waals surface area contributed by atoms with E-state index in [0.29, 0.717) is 6.04 Å².